The van der Waals surface area contributed by atoms with Crippen molar-refractivity contribution in [3.63, 3.8) is 0 Å². The highest BCUT2D eigenvalue weighted by Crippen LogP contribution is 2.29. The van der Waals surface area contributed by atoms with Gasteiger partial charge in [0.1, 0.15) is 22.5 Å². The fourth-order valence-electron chi connectivity index (χ4n) is 2.09. The van der Waals surface area contributed by atoms with Crippen LogP contribution in [-0.2, 0) is 6.42 Å². The number of ether oxygens (including phenoxy) is 2. The number of carbonyl (C=O) groups excluding carboxylic acids is 1. The second kappa shape index (κ2) is 7.89. The maximum atomic E-state index is 12.2. The minimum absolute atomic E-state index is 0.0451. The number of methoxy groups -OCH3 is 2. The summed E-state index contributed by atoms with van der Waals surface area (Å²) in [5.74, 6) is 0.838. The fraction of sp³-hybridized carbons (Fsp3) is 0.400. The number of aliphatic hydroxyl groups is 1. The van der Waals surface area contributed by atoms with Gasteiger partial charge >= 0.3 is 0 Å². The van der Waals surface area contributed by atoms with E-state index in [2.05, 4.69) is 14.9 Å². The summed E-state index contributed by atoms with van der Waals surface area (Å²) in [4.78, 5) is 12.6. The Morgan fingerprint density at radius 2 is 2.17 bits per heavy atom. The molecule has 0 saturated heterocycles. The first kappa shape index (κ1) is 17.2. The zero-order valence-electron chi connectivity index (χ0n) is 13.2. The Morgan fingerprint density at radius 1 is 1.39 bits per heavy atom. The lowest BCUT2D eigenvalue weighted by Gasteiger charge is -2.16. The zero-order valence-corrected chi connectivity index (χ0v) is 14.0. The van der Waals surface area contributed by atoms with E-state index in [1.165, 1.54) is 7.11 Å². The van der Waals surface area contributed by atoms with Crippen molar-refractivity contribution in [2.24, 2.45) is 0 Å². The predicted molar refractivity (Wildman–Crippen MR) is 86.1 cm³/mol. The van der Waals surface area contributed by atoms with Crippen molar-refractivity contribution >= 4 is 17.4 Å². The van der Waals surface area contributed by atoms with Gasteiger partial charge in [-0.2, -0.15) is 0 Å². The number of amides is 1. The Kier molecular flexibility index (Phi) is 5.89. The largest absolute Gasteiger partial charge is 0.497 e. The number of aliphatic hydroxyl groups excluding tert-OH is 1. The average Bonchev–Trinajstić information content (AvgIpc) is 3.07. The highest BCUT2D eigenvalue weighted by molar-refractivity contribution is 7.08. The number of nitrogens with zero attached hydrogens (tertiary/aromatic N) is 2. The van der Waals surface area contributed by atoms with Crippen molar-refractivity contribution in [1.82, 2.24) is 14.9 Å². The average molecular weight is 337 g/mol. The molecule has 0 aliphatic heterocycles. The number of rotatable bonds is 7. The van der Waals surface area contributed by atoms with Crippen LogP contribution < -0.4 is 14.8 Å². The molecule has 124 valence electrons. The molecule has 0 saturated carbocycles. The third kappa shape index (κ3) is 3.96. The van der Waals surface area contributed by atoms with Gasteiger partial charge in [-0.05, 0) is 36.2 Å². The molecule has 0 spiro atoms. The first-order valence-electron chi connectivity index (χ1n) is 7.10. The molecule has 2 aromatic rings. The summed E-state index contributed by atoms with van der Waals surface area (Å²) in [6, 6.07) is 5.13. The summed E-state index contributed by atoms with van der Waals surface area (Å²) >= 11 is 1.04. The van der Waals surface area contributed by atoms with E-state index in [-0.39, 0.29) is 12.5 Å². The van der Waals surface area contributed by atoms with Crippen molar-refractivity contribution in [2.45, 2.75) is 19.4 Å². The number of aromatic nitrogens is 2. The van der Waals surface area contributed by atoms with Crippen molar-refractivity contribution in [2.75, 3.05) is 20.8 Å². The number of hydrogen-bond acceptors (Lipinski definition) is 7. The maximum absolute atomic E-state index is 12.2. The molecule has 0 aliphatic rings. The number of carbonyl (C=O) groups is 1. The molecule has 0 aliphatic carbocycles. The molecule has 8 heteroatoms. The lowest BCUT2D eigenvalue weighted by atomic mass is 10.1. The molecular formula is C15H19N3O4S. The topological polar surface area (TPSA) is 93.6 Å². The first-order chi connectivity index (χ1) is 11.1. The summed E-state index contributed by atoms with van der Waals surface area (Å²) in [5.41, 5.74) is 1.20. The third-order valence-corrected chi connectivity index (χ3v) is 4.12. The van der Waals surface area contributed by atoms with Crippen LogP contribution in [0.15, 0.2) is 18.2 Å². The van der Waals surface area contributed by atoms with E-state index >= 15 is 0 Å². The van der Waals surface area contributed by atoms with E-state index < -0.39 is 6.10 Å². The molecule has 1 amide bonds. The third-order valence-electron chi connectivity index (χ3n) is 3.35. The van der Waals surface area contributed by atoms with Crippen molar-refractivity contribution in [3.8, 4) is 11.5 Å². The molecule has 1 atom stereocenters. The Hall–Kier alpha value is -2.19. The molecule has 7 nitrogen and oxygen atoms in total. The van der Waals surface area contributed by atoms with E-state index in [1.807, 2.05) is 6.92 Å². The molecule has 2 rings (SSSR count). The van der Waals surface area contributed by atoms with Crippen LogP contribution in [0.1, 0.15) is 34.0 Å². The van der Waals surface area contributed by atoms with E-state index in [0.717, 1.165) is 11.5 Å². The van der Waals surface area contributed by atoms with Gasteiger partial charge in [0, 0.05) is 12.1 Å². The lowest BCUT2D eigenvalue weighted by molar-refractivity contribution is 0.0917. The summed E-state index contributed by atoms with van der Waals surface area (Å²) < 4.78 is 14.2. The normalized spacial score (nSPS) is 11.8. The van der Waals surface area contributed by atoms with Crippen LogP contribution in [0.25, 0.3) is 0 Å². The first-order valence-corrected chi connectivity index (χ1v) is 7.87. The monoisotopic (exact) mass is 337 g/mol. The molecule has 0 fully saturated rings. The zero-order chi connectivity index (χ0) is 16.8. The van der Waals surface area contributed by atoms with Crippen LogP contribution in [0.4, 0.5) is 0 Å². The van der Waals surface area contributed by atoms with Crippen LogP contribution in [0.3, 0.4) is 0 Å². The van der Waals surface area contributed by atoms with Gasteiger partial charge in [-0.15, -0.1) is 5.10 Å². The quantitative estimate of drug-likeness (QED) is 0.797. The minimum atomic E-state index is -0.921. The number of hydrogen-bond donors (Lipinski definition) is 2. The van der Waals surface area contributed by atoms with Gasteiger partial charge in [0.05, 0.1) is 19.9 Å². The van der Waals surface area contributed by atoms with Gasteiger partial charge in [-0.3, -0.25) is 4.79 Å². The van der Waals surface area contributed by atoms with Gasteiger partial charge in [-0.1, -0.05) is 11.4 Å². The van der Waals surface area contributed by atoms with Crippen LogP contribution in [0, 0.1) is 0 Å². The predicted octanol–water partition coefficient (Wildman–Crippen LogP) is 1.58. The molecule has 1 aromatic heterocycles. The smallest absolute Gasteiger partial charge is 0.265 e. The van der Waals surface area contributed by atoms with Gasteiger partial charge in [-0.25, -0.2) is 0 Å². The second-order valence-corrected chi connectivity index (χ2v) is 5.49. The van der Waals surface area contributed by atoms with Crippen LogP contribution in [0.5, 0.6) is 11.5 Å². The van der Waals surface area contributed by atoms with Crippen LogP contribution >= 0.6 is 11.5 Å². The molecule has 0 radical (unpaired) electrons. The molecule has 1 heterocycles. The van der Waals surface area contributed by atoms with Gasteiger partial charge < -0.3 is 19.9 Å². The maximum Gasteiger partial charge on any atom is 0.265 e. The van der Waals surface area contributed by atoms with E-state index in [1.54, 1.807) is 25.3 Å². The number of aryl methyl sites for hydroxylation is 1. The van der Waals surface area contributed by atoms with Gasteiger partial charge in [0.25, 0.3) is 5.91 Å². The molecule has 1 aromatic carbocycles. The van der Waals surface area contributed by atoms with E-state index in [4.69, 9.17) is 9.47 Å². The van der Waals surface area contributed by atoms with E-state index in [9.17, 15) is 9.90 Å². The minimum Gasteiger partial charge on any atom is -0.497 e. The highest BCUT2D eigenvalue weighted by Gasteiger charge is 2.19. The van der Waals surface area contributed by atoms with Crippen molar-refractivity contribution in [3.05, 3.63) is 34.3 Å². The van der Waals surface area contributed by atoms with Gasteiger partial charge in [0.15, 0.2) is 0 Å². The molecule has 2 N–H and O–H groups in total. The van der Waals surface area contributed by atoms with E-state index in [0.29, 0.717) is 34.1 Å². The Morgan fingerprint density at radius 3 is 2.83 bits per heavy atom. The van der Waals surface area contributed by atoms with Crippen LogP contribution in [0.2, 0.25) is 0 Å². The number of benzene rings is 1. The molecular weight excluding hydrogens is 318 g/mol. The SMILES string of the molecule is CCc1nnsc1C(=O)NC[C@H](O)c1cc(OC)ccc1OC. The standard InChI is InChI=1S/C15H19N3O4S/c1-4-11-14(23-18-17-11)15(20)16-8-12(19)10-7-9(21-2)5-6-13(10)22-3/h5-7,12,19H,4,8H2,1-3H3,(H,16,20)/t12-/m0/s1. The molecule has 0 bridgehead atoms. The second-order valence-electron chi connectivity index (χ2n) is 4.74. The molecule has 0 unspecified atom stereocenters. The fourth-order valence-corrected chi connectivity index (χ4v) is 2.76. The lowest BCUT2D eigenvalue weighted by Crippen LogP contribution is -2.28. The summed E-state index contributed by atoms with van der Waals surface area (Å²) in [7, 11) is 3.07. The number of nitrogens with one attached hydrogen (secondary N) is 1. The van der Waals surface area contributed by atoms with Crippen molar-refractivity contribution < 1.29 is 19.4 Å². The summed E-state index contributed by atoms with van der Waals surface area (Å²) in [5, 5.41) is 16.9. The molecule has 23 heavy (non-hydrogen) atoms. The van der Waals surface area contributed by atoms with Gasteiger partial charge in [0.2, 0.25) is 0 Å². The Bertz CT molecular complexity index is 674. The highest BCUT2D eigenvalue weighted by atomic mass is 32.1. The van der Waals surface area contributed by atoms with Crippen LogP contribution in [-0.4, -0.2) is 41.4 Å². The summed E-state index contributed by atoms with van der Waals surface area (Å²) in [6.07, 6.45) is -0.291. The summed E-state index contributed by atoms with van der Waals surface area (Å²) in [6.45, 7) is 1.95. The Balaban J connectivity index is 2.07. The Labute approximate surface area is 138 Å². The van der Waals surface area contributed by atoms with Crippen molar-refractivity contribution in [1.29, 1.82) is 0 Å².